The number of anilines is 1. The highest BCUT2D eigenvalue weighted by Crippen LogP contribution is 2.16. The molecule has 0 fully saturated rings. The van der Waals surface area contributed by atoms with Gasteiger partial charge in [-0.3, -0.25) is 0 Å². The van der Waals surface area contributed by atoms with Crippen molar-refractivity contribution in [3.8, 4) is 0 Å². The Balaban J connectivity index is 2.61. The minimum atomic E-state index is -0.216. The van der Waals surface area contributed by atoms with E-state index in [0.29, 0.717) is 13.2 Å². The summed E-state index contributed by atoms with van der Waals surface area (Å²) in [6.07, 6.45) is 0.881. The molecular weight excluding hydrogens is 243 g/mol. The maximum Gasteiger partial charge on any atom is 0.125 e. The zero-order valence-corrected chi connectivity index (χ0v) is 12.2. The minimum Gasteiger partial charge on any atom is -0.374 e. The second-order valence-electron chi connectivity index (χ2n) is 5.57. The van der Waals surface area contributed by atoms with Crippen molar-refractivity contribution >= 4 is 5.69 Å². The molecule has 1 aromatic carbocycles. The molecule has 2 N–H and O–H groups in total. The van der Waals surface area contributed by atoms with Crippen LogP contribution in [0.2, 0.25) is 0 Å². The lowest BCUT2D eigenvalue weighted by molar-refractivity contribution is 0.00135. The SMILES string of the molecule is CC(C)(C)OCCN(CCCN)c1cccc(F)c1. The fourth-order valence-electron chi connectivity index (χ4n) is 1.79. The number of nitrogens with two attached hydrogens (primary N) is 1. The summed E-state index contributed by atoms with van der Waals surface area (Å²) in [5.41, 5.74) is 6.28. The fraction of sp³-hybridized carbons (Fsp3) is 0.600. The number of hydrogen-bond donors (Lipinski definition) is 1. The first-order valence-corrected chi connectivity index (χ1v) is 6.77. The van der Waals surface area contributed by atoms with Crippen LogP contribution in [0.25, 0.3) is 0 Å². The van der Waals surface area contributed by atoms with Crippen molar-refractivity contribution in [2.75, 3.05) is 31.1 Å². The van der Waals surface area contributed by atoms with Gasteiger partial charge >= 0.3 is 0 Å². The van der Waals surface area contributed by atoms with Gasteiger partial charge in [0, 0.05) is 18.8 Å². The Labute approximate surface area is 115 Å². The normalized spacial score (nSPS) is 11.6. The summed E-state index contributed by atoms with van der Waals surface area (Å²) < 4.78 is 19.0. The van der Waals surface area contributed by atoms with Crippen molar-refractivity contribution in [1.82, 2.24) is 0 Å². The van der Waals surface area contributed by atoms with Gasteiger partial charge in [-0.15, -0.1) is 0 Å². The van der Waals surface area contributed by atoms with Crippen molar-refractivity contribution in [1.29, 1.82) is 0 Å². The highest BCUT2D eigenvalue weighted by molar-refractivity contribution is 5.46. The third kappa shape index (κ3) is 6.55. The van der Waals surface area contributed by atoms with E-state index in [0.717, 1.165) is 25.2 Å². The average molecular weight is 268 g/mol. The van der Waals surface area contributed by atoms with Crippen LogP contribution in [-0.2, 0) is 4.74 Å². The number of nitrogens with zero attached hydrogens (tertiary/aromatic N) is 1. The summed E-state index contributed by atoms with van der Waals surface area (Å²) in [5, 5.41) is 0. The Bertz CT molecular complexity index is 377. The molecule has 4 heteroatoms. The molecule has 19 heavy (non-hydrogen) atoms. The predicted molar refractivity (Wildman–Crippen MR) is 78.0 cm³/mol. The van der Waals surface area contributed by atoms with Gasteiger partial charge in [-0.05, 0) is 51.9 Å². The molecule has 0 aromatic heterocycles. The zero-order chi connectivity index (χ0) is 14.3. The van der Waals surface area contributed by atoms with E-state index in [4.69, 9.17) is 10.5 Å². The summed E-state index contributed by atoms with van der Waals surface area (Å²) in [4.78, 5) is 2.11. The van der Waals surface area contributed by atoms with Crippen LogP contribution in [0.5, 0.6) is 0 Å². The van der Waals surface area contributed by atoms with Crippen LogP contribution in [0.4, 0.5) is 10.1 Å². The smallest absolute Gasteiger partial charge is 0.125 e. The minimum absolute atomic E-state index is 0.151. The highest BCUT2D eigenvalue weighted by Gasteiger charge is 2.12. The van der Waals surface area contributed by atoms with Gasteiger partial charge in [0.15, 0.2) is 0 Å². The molecule has 0 heterocycles. The monoisotopic (exact) mass is 268 g/mol. The summed E-state index contributed by atoms with van der Waals surface area (Å²) in [6.45, 7) is 8.88. The van der Waals surface area contributed by atoms with Gasteiger partial charge in [0.2, 0.25) is 0 Å². The van der Waals surface area contributed by atoms with Crippen LogP contribution in [0.3, 0.4) is 0 Å². The van der Waals surface area contributed by atoms with Crippen LogP contribution in [-0.4, -0.2) is 31.8 Å². The maximum atomic E-state index is 13.3. The molecule has 0 atom stereocenters. The largest absolute Gasteiger partial charge is 0.374 e. The average Bonchev–Trinajstić information content (AvgIpc) is 2.32. The van der Waals surface area contributed by atoms with E-state index in [9.17, 15) is 4.39 Å². The van der Waals surface area contributed by atoms with E-state index in [1.807, 2.05) is 26.8 Å². The summed E-state index contributed by atoms with van der Waals surface area (Å²) >= 11 is 0. The Morgan fingerprint density at radius 2 is 2.00 bits per heavy atom. The second kappa shape index (κ2) is 7.46. The van der Waals surface area contributed by atoms with Gasteiger partial charge < -0.3 is 15.4 Å². The maximum absolute atomic E-state index is 13.3. The molecule has 1 rings (SSSR count). The molecule has 0 aliphatic carbocycles. The number of hydrogen-bond acceptors (Lipinski definition) is 3. The lowest BCUT2D eigenvalue weighted by Gasteiger charge is -2.27. The molecule has 0 bridgehead atoms. The Morgan fingerprint density at radius 3 is 2.58 bits per heavy atom. The van der Waals surface area contributed by atoms with Gasteiger partial charge in [-0.1, -0.05) is 6.07 Å². The molecule has 3 nitrogen and oxygen atoms in total. The van der Waals surface area contributed by atoms with Gasteiger partial charge in [0.1, 0.15) is 5.82 Å². The lowest BCUT2D eigenvalue weighted by Crippen LogP contribution is -2.32. The molecular formula is C15H25FN2O. The van der Waals surface area contributed by atoms with Gasteiger partial charge in [-0.25, -0.2) is 4.39 Å². The number of ether oxygens (including phenoxy) is 1. The molecule has 1 aromatic rings. The predicted octanol–water partition coefficient (Wildman–Crippen LogP) is 2.80. The van der Waals surface area contributed by atoms with E-state index < -0.39 is 0 Å². The van der Waals surface area contributed by atoms with Crippen molar-refractivity contribution in [3.63, 3.8) is 0 Å². The molecule has 0 saturated carbocycles. The van der Waals surface area contributed by atoms with Crippen molar-refractivity contribution < 1.29 is 9.13 Å². The third-order valence-corrected chi connectivity index (χ3v) is 2.70. The molecule has 0 aliphatic rings. The second-order valence-corrected chi connectivity index (χ2v) is 5.57. The van der Waals surface area contributed by atoms with Crippen LogP contribution < -0.4 is 10.6 Å². The highest BCUT2D eigenvalue weighted by atomic mass is 19.1. The fourth-order valence-corrected chi connectivity index (χ4v) is 1.79. The van der Waals surface area contributed by atoms with Crippen LogP contribution in [0, 0.1) is 5.82 Å². The molecule has 0 amide bonds. The van der Waals surface area contributed by atoms with Gasteiger partial charge in [0.05, 0.1) is 12.2 Å². The van der Waals surface area contributed by atoms with Crippen molar-refractivity contribution in [3.05, 3.63) is 30.1 Å². The van der Waals surface area contributed by atoms with E-state index >= 15 is 0 Å². The lowest BCUT2D eigenvalue weighted by atomic mass is 10.2. The van der Waals surface area contributed by atoms with Crippen LogP contribution >= 0.6 is 0 Å². The molecule has 0 saturated heterocycles. The van der Waals surface area contributed by atoms with E-state index in [1.165, 1.54) is 6.07 Å². The summed E-state index contributed by atoms with van der Waals surface area (Å²) in [6, 6.07) is 6.64. The Morgan fingerprint density at radius 1 is 1.26 bits per heavy atom. The zero-order valence-electron chi connectivity index (χ0n) is 12.2. The first-order chi connectivity index (χ1) is 8.92. The molecule has 0 aliphatic heterocycles. The number of halogens is 1. The summed E-state index contributed by atoms with van der Waals surface area (Å²) in [7, 11) is 0. The van der Waals surface area contributed by atoms with E-state index in [1.54, 1.807) is 12.1 Å². The van der Waals surface area contributed by atoms with Crippen molar-refractivity contribution in [2.45, 2.75) is 32.8 Å². The van der Waals surface area contributed by atoms with Gasteiger partial charge in [-0.2, -0.15) is 0 Å². The van der Waals surface area contributed by atoms with Crippen LogP contribution in [0.15, 0.2) is 24.3 Å². The Hall–Kier alpha value is -1.13. The standard InChI is InChI=1S/C15H25FN2O/c1-15(2,3)19-11-10-18(9-5-8-17)14-7-4-6-13(16)12-14/h4,6-7,12H,5,8-11,17H2,1-3H3. The molecule has 0 unspecified atom stereocenters. The van der Waals surface area contributed by atoms with Crippen molar-refractivity contribution in [2.24, 2.45) is 5.73 Å². The van der Waals surface area contributed by atoms with E-state index in [-0.39, 0.29) is 11.4 Å². The molecule has 108 valence electrons. The van der Waals surface area contributed by atoms with Gasteiger partial charge in [0.25, 0.3) is 0 Å². The first-order valence-electron chi connectivity index (χ1n) is 6.77. The van der Waals surface area contributed by atoms with E-state index in [2.05, 4.69) is 4.90 Å². The third-order valence-electron chi connectivity index (χ3n) is 2.70. The van der Waals surface area contributed by atoms with Crippen LogP contribution in [0.1, 0.15) is 27.2 Å². The first kappa shape index (κ1) is 15.9. The topological polar surface area (TPSA) is 38.5 Å². The number of rotatable bonds is 7. The quantitative estimate of drug-likeness (QED) is 0.826. The molecule has 0 radical (unpaired) electrons. The number of benzene rings is 1. The molecule has 0 spiro atoms. The Kier molecular flexibility index (Phi) is 6.25. The summed E-state index contributed by atoms with van der Waals surface area (Å²) in [5.74, 6) is -0.216.